The van der Waals surface area contributed by atoms with Gasteiger partial charge in [0.25, 0.3) is 0 Å². The lowest BCUT2D eigenvalue weighted by Gasteiger charge is -2.17. The van der Waals surface area contributed by atoms with Crippen LogP contribution in [0.1, 0.15) is 24.0 Å². The normalized spacial score (nSPS) is 14.8. The average Bonchev–Trinajstić information content (AvgIpc) is 3.35. The van der Waals surface area contributed by atoms with Crippen molar-refractivity contribution in [3.05, 3.63) is 59.4 Å². The van der Waals surface area contributed by atoms with Crippen LogP contribution in [-0.4, -0.2) is 11.8 Å². The third-order valence-electron chi connectivity index (χ3n) is 4.38. The Morgan fingerprint density at radius 1 is 0.958 bits per heavy atom. The summed E-state index contributed by atoms with van der Waals surface area (Å²) < 4.78 is 13.7. The second-order valence-corrected chi connectivity index (χ2v) is 6.29. The first-order valence-corrected chi connectivity index (χ1v) is 7.87. The van der Waals surface area contributed by atoms with Gasteiger partial charge < -0.3 is 10.6 Å². The van der Waals surface area contributed by atoms with E-state index in [-0.39, 0.29) is 11.6 Å². The van der Waals surface area contributed by atoms with Crippen molar-refractivity contribution < 1.29 is 14.0 Å². The van der Waals surface area contributed by atoms with Crippen LogP contribution in [0, 0.1) is 25.1 Å². The summed E-state index contributed by atoms with van der Waals surface area (Å²) in [6, 6.07) is 11.7. The largest absolute Gasteiger partial charge is 0.325 e. The number of amides is 2. The number of carbonyl (C=O) groups excluding carboxylic acids is 2. The van der Waals surface area contributed by atoms with Gasteiger partial charge in [0.15, 0.2) is 0 Å². The lowest BCUT2D eigenvalue weighted by molar-refractivity contribution is -0.131. The average molecular weight is 326 g/mol. The standard InChI is InChI=1S/C19H19FN2O2/c1-12-7-8-13(2)16(11-12)22-18(24)19(9-10-19)17(23)21-15-6-4-3-5-14(15)20/h3-8,11H,9-10H2,1-2H3,(H,21,23)(H,22,24). The summed E-state index contributed by atoms with van der Waals surface area (Å²) in [6.45, 7) is 3.83. The number of hydrogen-bond acceptors (Lipinski definition) is 2. The monoisotopic (exact) mass is 326 g/mol. The molecular weight excluding hydrogens is 307 g/mol. The van der Waals surface area contributed by atoms with E-state index in [9.17, 15) is 14.0 Å². The Hall–Kier alpha value is -2.69. The molecule has 24 heavy (non-hydrogen) atoms. The topological polar surface area (TPSA) is 58.2 Å². The molecule has 1 fully saturated rings. The van der Waals surface area contributed by atoms with Crippen LogP contribution in [0.5, 0.6) is 0 Å². The summed E-state index contributed by atoms with van der Waals surface area (Å²) in [5, 5.41) is 5.37. The molecule has 0 aliphatic heterocycles. The van der Waals surface area contributed by atoms with Crippen molar-refractivity contribution in [3.63, 3.8) is 0 Å². The van der Waals surface area contributed by atoms with Crippen LogP contribution in [0.2, 0.25) is 0 Å². The van der Waals surface area contributed by atoms with Gasteiger partial charge >= 0.3 is 0 Å². The van der Waals surface area contributed by atoms with Crippen LogP contribution < -0.4 is 10.6 Å². The molecule has 2 N–H and O–H groups in total. The fourth-order valence-corrected chi connectivity index (χ4v) is 2.60. The van der Waals surface area contributed by atoms with Crippen molar-refractivity contribution in [1.29, 1.82) is 0 Å². The molecule has 0 saturated heterocycles. The van der Waals surface area contributed by atoms with E-state index in [1.165, 1.54) is 12.1 Å². The second-order valence-electron chi connectivity index (χ2n) is 6.29. The van der Waals surface area contributed by atoms with Crippen molar-refractivity contribution >= 4 is 23.2 Å². The van der Waals surface area contributed by atoms with Gasteiger partial charge in [-0.3, -0.25) is 9.59 Å². The summed E-state index contributed by atoms with van der Waals surface area (Å²) in [4.78, 5) is 25.1. The zero-order chi connectivity index (χ0) is 17.3. The molecule has 2 aromatic rings. The number of rotatable bonds is 4. The number of para-hydroxylation sites is 1. The zero-order valence-corrected chi connectivity index (χ0v) is 13.7. The van der Waals surface area contributed by atoms with Crippen LogP contribution >= 0.6 is 0 Å². The highest BCUT2D eigenvalue weighted by atomic mass is 19.1. The fraction of sp³-hybridized carbons (Fsp3) is 0.263. The first-order chi connectivity index (χ1) is 11.4. The molecule has 0 radical (unpaired) electrons. The highest BCUT2D eigenvalue weighted by Gasteiger charge is 2.56. The van der Waals surface area contributed by atoms with Crippen molar-refractivity contribution in [2.75, 3.05) is 10.6 Å². The van der Waals surface area contributed by atoms with Crippen LogP contribution in [0.4, 0.5) is 15.8 Å². The van der Waals surface area contributed by atoms with Crippen LogP contribution in [0.3, 0.4) is 0 Å². The van der Waals surface area contributed by atoms with E-state index in [1.54, 1.807) is 12.1 Å². The molecule has 4 nitrogen and oxygen atoms in total. The van der Waals surface area contributed by atoms with E-state index in [4.69, 9.17) is 0 Å². The molecule has 5 heteroatoms. The van der Waals surface area contributed by atoms with E-state index < -0.39 is 17.1 Å². The van der Waals surface area contributed by atoms with E-state index in [1.807, 2.05) is 32.0 Å². The number of aryl methyl sites for hydroxylation is 2. The van der Waals surface area contributed by atoms with Crippen molar-refractivity contribution in [2.45, 2.75) is 26.7 Å². The summed E-state index contributed by atoms with van der Waals surface area (Å²) in [7, 11) is 0. The number of halogens is 1. The van der Waals surface area contributed by atoms with Gasteiger partial charge in [-0.2, -0.15) is 0 Å². The Morgan fingerprint density at radius 2 is 1.58 bits per heavy atom. The number of benzene rings is 2. The van der Waals surface area contributed by atoms with Crippen molar-refractivity contribution in [3.8, 4) is 0 Å². The molecule has 0 heterocycles. The minimum absolute atomic E-state index is 0.0910. The lowest BCUT2D eigenvalue weighted by atomic mass is 10.0. The summed E-state index contributed by atoms with van der Waals surface area (Å²) in [5.41, 5.74) is 1.63. The maximum atomic E-state index is 13.7. The van der Waals surface area contributed by atoms with Crippen LogP contribution in [0.15, 0.2) is 42.5 Å². The van der Waals surface area contributed by atoms with Crippen molar-refractivity contribution in [2.24, 2.45) is 5.41 Å². The highest BCUT2D eigenvalue weighted by molar-refractivity contribution is 6.17. The third-order valence-corrected chi connectivity index (χ3v) is 4.38. The minimum Gasteiger partial charge on any atom is -0.325 e. The molecule has 0 bridgehead atoms. The van der Waals surface area contributed by atoms with Crippen LogP contribution in [-0.2, 0) is 9.59 Å². The molecule has 3 rings (SSSR count). The second kappa shape index (κ2) is 6.07. The SMILES string of the molecule is Cc1ccc(C)c(NC(=O)C2(C(=O)Nc3ccccc3F)CC2)c1. The van der Waals surface area contributed by atoms with Gasteiger partial charge in [-0.1, -0.05) is 24.3 Å². The minimum atomic E-state index is -1.11. The summed E-state index contributed by atoms with van der Waals surface area (Å²) >= 11 is 0. The number of carbonyl (C=O) groups is 2. The molecule has 1 aliphatic carbocycles. The van der Waals surface area contributed by atoms with Gasteiger partial charge in [-0.25, -0.2) is 4.39 Å². The van der Waals surface area contributed by atoms with Gasteiger partial charge in [0, 0.05) is 5.69 Å². The lowest BCUT2D eigenvalue weighted by Crippen LogP contribution is -2.36. The Balaban J connectivity index is 1.75. The molecule has 1 aliphatic rings. The number of hydrogen-bond donors (Lipinski definition) is 2. The molecule has 2 aromatic carbocycles. The Labute approximate surface area is 140 Å². The Kier molecular flexibility index (Phi) is 4.09. The predicted molar refractivity (Wildman–Crippen MR) is 91.2 cm³/mol. The Morgan fingerprint density at radius 3 is 2.21 bits per heavy atom. The van der Waals surface area contributed by atoms with E-state index in [2.05, 4.69) is 10.6 Å². The van der Waals surface area contributed by atoms with Crippen LogP contribution in [0.25, 0.3) is 0 Å². The predicted octanol–water partition coefficient (Wildman–Crippen LogP) is 3.80. The fourth-order valence-electron chi connectivity index (χ4n) is 2.60. The van der Waals surface area contributed by atoms with Gasteiger partial charge in [0.2, 0.25) is 11.8 Å². The molecular formula is C19H19FN2O2. The number of anilines is 2. The molecule has 0 aromatic heterocycles. The van der Waals surface area contributed by atoms with Gasteiger partial charge in [0.05, 0.1) is 5.69 Å². The summed E-state index contributed by atoms with van der Waals surface area (Å²) in [5.74, 6) is -1.32. The summed E-state index contributed by atoms with van der Waals surface area (Å²) in [6.07, 6.45) is 0.925. The van der Waals surface area contributed by atoms with Crippen molar-refractivity contribution in [1.82, 2.24) is 0 Å². The quantitative estimate of drug-likeness (QED) is 0.840. The van der Waals surface area contributed by atoms with Gasteiger partial charge in [-0.05, 0) is 56.0 Å². The maximum absolute atomic E-state index is 13.7. The maximum Gasteiger partial charge on any atom is 0.240 e. The Bertz CT molecular complexity index is 813. The van der Waals surface area contributed by atoms with E-state index in [0.717, 1.165) is 11.1 Å². The smallest absolute Gasteiger partial charge is 0.240 e. The molecule has 2 amide bonds. The van der Waals surface area contributed by atoms with E-state index in [0.29, 0.717) is 18.5 Å². The number of nitrogens with one attached hydrogen (secondary N) is 2. The molecule has 0 atom stereocenters. The first-order valence-electron chi connectivity index (χ1n) is 7.87. The molecule has 124 valence electrons. The zero-order valence-electron chi connectivity index (χ0n) is 13.7. The molecule has 0 unspecified atom stereocenters. The van der Waals surface area contributed by atoms with Gasteiger partial charge in [-0.15, -0.1) is 0 Å². The van der Waals surface area contributed by atoms with Gasteiger partial charge in [0.1, 0.15) is 11.2 Å². The highest BCUT2D eigenvalue weighted by Crippen LogP contribution is 2.47. The third kappa shape index (κ3) is 3.02. The van der Waals surface area contributed by atoms with E-state index >= 15 is 0 Å². The first kappa shape index (κ1) is 16.2. The molecule has 0 spiro atoms. The molecule has 1 saturated carbocycles.